The third-order valence-corrected chi connectivity index (χ3v) is 12.6. The van der Waals surface area contributed by atoms with Crippen LogP contribution in [0.4, 0.5) is 28.7 Å². The number of piperazine rings is 1. The lowest BCUT2D eigenvalue weighted by Gasteiger charge is -2.45. The lowest BCUT2D eigenvalue weighted by molar-refractivity contribution is -0.111. The molecule has 1 atom stereocenters. The number of pyridine rings is 1. The number of carbonyl (C=O) groups is 2. The normalized spacial score (nSPS) is 19.1. The summed E-state index contributed by atoms with van der Waals surface area (Å²) in [6, 6.07) is 8.06. The number of benzene rings is 1. The Morgan fingerprint density at radius 3 is 2.71 bits per heavy atom. The zero-order valence-electron chi connectivity index (χ0n) is 31.9. The van der Waals surface area contributed by atoms with Crippen LogP contribution in [-0.2, 0) is 36.0 Å². The molecule has 3 aromatic heterocycles. The number of thiophene rings is 1. The number of aliphatic hydroxyl groups excluding tert-OH is 1. The van der Waals surface area contributed by atoms with Crippen molar-refractivity contribution in [3.05, 3.63) is 80.5 Å². The lowest BCUT2D eigenvalue weighted by Crippen LogP contribution is -2.56. The summed E-state index contributed by atoms with van der Waals surface area (Å²) < 4.78 is 13.2. The molecule has 4 aliphatic rings. The van der Waals surface area contributed by atoms with Crippen LogP contribution in [0.1, 0.15) is 58.3 Å². The third kappa shape index (κ3) is 7.31. The fourth-order valence-corrected chi connectivity index (χ4v) is 9.72. The quantitative estimate of drug-likeness (QED) is 0.200. The maximum Gasteiger partial charge on any atom is 0.293 e. The molecule has 0 saturated carbocycles. The first kappa shape index (κ1) is 37.8. The number of ether oxygens (including phenoxy) is 2. The van der Waals surface area contributed by atoms with Gasteiger partial charge in [-0.05, 0) is 75.8 Å². The largest absolute Gasteiger partial charge is 0.490 e. The van der Waals surface area contributed by atoms with Gasteiger partial charge in [0.15, 0.2) is 5.82 Å². The first-order valence-electron chi connectivity index (χ1n) is 19.4. The average molecular weight is 781 g/mol. The molecule has 0 bridgehead atoms. The Balaban J connectivity index is 1.08. The highest BCUT2D eigenvalue weighted by Crippen LogP contribution is 2.43. The van der Waals surface area contributed by atoms with Gasteiger partial charge in [0, 0.05) is 91.6 Å². The molecule has 56 heavy (non-hydrogen) atoms. The number of aryl methyl sites for hydroxylation is 2. The molecule has 8 rings (SSSR count). The molecule has 4 aromatic rings. The van der Waals surface area contributed by atoms with Crippen molar-refractivity contribution in [2.75, 3.05) is 66.4 Å². The van der Waals surface area contributed by atoms with Crippen molar-refractivity contribution in [2.45, 2.75) is 64.1 Å². The Bertz CT molecular complexity index is 2210. The van der Waals surface area contributed by atoms with Crippen molar-refractivity contribution in [3.63, 3.8) is 0 Å². The van der Waals surface area contributed by atoms with Gasteiger partial charge in [0.1, 0.15) is 23.1 Å². The maximum absolute atomic E-state index is 14.1. The van der Waals surface area contributed by atoms with Crippen LogP contribution in [0.15, 0.2) is 54.1 Å². The number of aromatic nitrogens is 3. The Hall–Kier alpha value is -5.09. The summed E-state index contributed by atoms with van der Waals surface area (Å²) in [4.78, 5) is 57.8. The van der Waals surface area contributed by atoms with Gasteiger partial charge in [-0.15, -0.1) is 11.3 Å². The number of rotatable bonds is 9. The molecule has 0 spiro atoms. The van der Waals surface area contributed by atoms with Crippen molar-refractivity contribution in [2.24, 2.45) is 7.05 Å². The van der Waals surface area contributed by atoms with E-state index in [-0.39, 0.29) is 35.8 Å². The Morgan fingerprint density at radius 1 is 1.11 bits per heavy atom. The predicted molar refractivity (Wildman–Crippen MR) is 218 cm³/mol. The highest BCUT2D eigenvalue weighted by molar-refractivity contribution is 7.14. The first-order chi connectivity index (χ1) is 27.2. The van der Waals surface area contributed by atoms with Crippen LogP contribution >= 0.6 is 11.3 Å². The van der Waals surface area contributed by atoms with Crippen LogP contribution in [0.2, 0.25) is 0 Å². The second-order valence-corrected chi connectivity index (χ2v) is 15.9. The molecular formula is C41H48N8O6S. The minimum absolute atomic E-state index is 0.0486. The van der Waals surface area contributed by atoms with E-state index in [0.717, 1.165) is 82.6 Å². The minimum atomic E-state index is -0.417. The molecule has 3 aliphatic heterocycles. The van der Waals surface area contributed by atoms with E-state index in [1.165, 1.54) is 26.9 Å². The van der Waals surface area contributed by atoms with Crippen LogP contribution < -0.4 is 30.7 Å². The van der Waals surface area contributed by atoms with E-state index in [2.05, 4.69) is 38.9 Å². The number of carbonyl (C=O) groups excluding carboxylic acids is 2. The van der Waals surface area contributed by atoms with Crippen LogP contribution in [-0.4, -0.2) is 94.4 Å². The molecule has 2 saturated heterocycles. The van der Waals surface area contributed by atoms with Crippen molar-refractivity contribution in [1.82, 2.24) is 19.4 Å². The molecule has 14 nitrogen and oxygen atoms in total. The highest BCUT2D eigenvalue weighted by Gasteiger charge is 2.34. The van der Waals surface area contributed by atoms with E-state index in [4.69, 9.17) is 14.5 Å². The summed E-state index contributed by atoms with van der Waals surface area (Å²) in [7, 11) is 1.63. The molecule has 6 heterocycles. The average Bonchev–Trinajstić information content (AvgIpc) is 3.51. The van der Waals surface area contributed by atoms with Crippen LogP contribution in [0.5, 0.6) is 5.75 Å². The second-order valence-electron chi connectivity index (χ2n) is 14.8. The highest BCUT2D eigenvalue weighted by atomic mass is 32.1. The van der Waals surface area contributed by atoms with Gasteiger partial charge in [0.05, 0.1) is 30.2 Å². The van der Waals surface area contributed by atoms with Gasteiger partial charge in [0.2, 0.25) is 5.91 Å². The van der Waals surface area contributed by atoms with Crippen LogP contribution in [0, 0.1) is 0 Å². The van der Waals surface area contributed by atoms with Crippen molar-refractivity contribution < 1.29 is 24.2 Å². The van der Waals surface area contributed by atoms with Gasteiger partial charge in [-0.25, -0.2) is 9.97 Å². The number of nitrogens with one attached hydrogen (secondary N) is 2. The fraction of sp³-hybridized carbons (Fsp3) is 0.439. The second kappa shape index (κ2) is 16.2. The number of aliphatic hydroxyl groups is 1. The van der Waals surface area contributed by atoms with Crippen molar-refractivity contribution in [1.29, 1.82) is 0 Å². The molecule has 0 unspecified atom stereocenters. The van der Waals surface area contributed by atoms with E-state index < -0.39 is 6.61 Å². The molecule has 294 valence electrons. The number of fused-ring (bicyclic) bond motifs is 3. The Morgan fingerprint density at radius 2 is 1.93 bits per heavy atom. The standard InChI is InChI=1S/C41H48N8O6S/c1-4-35(51)44-31-21-26(9-10-33(31)48-16-15-47(22-25(48)2)27-12-18-54-19-13-27)43-38-41(53)46(3)23-32(45-38)28-11-14-42-39(30(28)24-50)49-17-20-55-36-29-7-5-6-8-34(29)56-37(36)40(49)52/h4,9-11,14,21,23,25,27,50H,1,5-8,12-13,15-20,22,24H2,2-3H3,(H,43,45)(H,44,51)/t25-/m0/s1. The van der Waals surface area contributed by atoms with E-state index in [0.29, 0.717) is 57.3 Å². The van der Waals surface area contributed by atoms with E-state index in [9.17, 15) is 19.5 Å². The van der Waals surface area contributed by atoms with Gasteiger partial charge >= 0.3 is 0 Å². The summed E-state index contributed by atoms with van der Waals surface area (Å²) in [5, 5.41) is 17.0. The molecule has 0 radical (unpaired) electrons. The molecule has 15 heteroatoms. The SMILES string of the molecule is C=CC(=O)Nc1cc(Nc2nc(-c3ccnc(N4CCOc5c(sc6c5CCCC6)C4=O)c3CO)cn(C)c2=O)ccc1N1CCN(C2CCOCC2)C[C@@H]1C. The zero-order chi connectivity index (χ0) is 38.9. The van der Waals surface area contributed by atoms with E-state index >= 15 is 0 Å². The van der Waals surface area contributed by atoms with Gasteiger partial charge in [-0.3, -0.25) is 24.2 Å². The van der Waals surface area contributed by atoms with Crippen molar-refractivity contribution >= 4 is 51.8 Å². The smallest absolute Gasteiger partial charge is 0.293 e. The maximum atomic E-state index is 14.1. The summed E-state index contributed by atoms with van der Waals surface area (Å²) in [6.45, 7) is 10.2. The van der Waals surface area contributed by atoms with Crippen molar-refractivity contribution in [3.8, 4) is 17.0 Å². The Kier molecular flexibility index (Phi) is 10.9. The van der Waals surface area contributed by atoms with Crippen LogP contribution in [0.3, 0.4) is 0 Å². The minimum Gasteiger partial charge on any atom is -0.490 e. The fourth-order valence-electron chi connectivity index (χ4n) is 8.43. The summed E-state index contributed by atoms with van der Waals surface area (Å²) in [5.74, 6) is 0.515. The zero-order valence-corrected chi connectivity index (χ0v) is 32.7. The predicted octanol–water partition coefficient (Wildman–Crippen LogP) is 4.87. The monoisotopic (exact) mass is 780 g/mol. The van der Waals surface area contributed by atoms with Gasteiger partial charge < -0.3 is 34.7 Å². The molecule has 2 fully saturated rings. The Labute approximate surface area is 329 Å². The van der Waals surface area contributed by atoms with Crippen LogP contribution in [0.25, 0.3) is 11.3 Å². The van der Waals surface area contributed by atoms with E-state index in [1.54, 1.807) is 36.5 Å². The topological polar surface area (TPSA) is 154 Å². The summed E-state index contributed by atoms with van der Waals surface area (Å²) in [6.07, 6.45) is 10.5. The molecule has 2 amide bonds. The molecule has 1 aromatic carbocycles. The third-order valence-electron chi connectivity index (χ3n) is 11.3. The molecular weight excluding hydrogens is 733 g/mol. The summed E-state index contributed by atoms with van der Waals surface area (Å²) >= 11 is 1.50. The van der Waals surface area contributed by atoms with Gasteiger partial charge in [-0.2, -0.15) is 0 Å². The number of anilines is 5. The first-order valence-corrected chi connectivity index (χ1v) is 20.2. The van der Waals surface area contributed by atoms with E-state index in [1.807, 2.05) is 12.1 Å². The molecule has 3 N–H and O–H groups in total. The number of amides is 2. The number of hydrogen-bond acceptors (Lipinski definition) is 12. The number of nitrogens with zero attached hydrogens (tertiary/aromatic N) is 6. The lowest BCUT2D eigenvalue weighted by atomic mass is 9.98. The molecule has 1 aliphatic carbocycles. The summed E-state index contributed by atoms with van der Waals surface area (Å²) in [5.41, 5.74) is 4.12. The van der Waals surface area contributed by atoms with Gasteiger partial charge in [-0.1, -0.05) is 6.58 Å². The van der Waals surface area contributed by atoms with Gasteiger partial charge in [0.25, 0.3) is 11.5 Å². The number of hydrogen-bond donors (Lipinski definition) is 3.